The van der Waals surface area contributed by atoms with Gasteiger partial charge in [-0.25, -0.2) is 0 Å². The zero-order valence-electron chi connectivity index (χ0n) is 14.6. The summed E-state index contributed by atoms with van der Waals surface area (Å²) in [5, 5.41) is 0. The monoisotopic (exact) mass is 323 g/mol. The minimum absolute atomic E-state index is 0.115. The Balaban J connectivity index is 1.68. The molecule has 2 aromatic carbocycles. The summed E-state index contributed by atoms with van der Waals surface area (Å²) in [6.45, 7) is 4.86. The quantitative estimate of drug-likeness (QED) is 0.796. The number of hydrogen-bond acceptors (Lipinski definition) is 2. The maximum Gasteiger partial charge on any atom is 0.226 e. The van der Waals surface area contributed by atoms with Gasteiger partial charge in [0.2, 0.25) is 5.91 Å². The lowest BCUT2D eigenvalue weighted by Crippen LogP contribution is -2.37. The lowest BCUT2D eigenvalue weighted by atomic mass is 10.1. The first kappa shape index (κ1) is 16.6. The van der Waals surface area contributed by atoms with E-state index in [-0.39, 0.29) is 17.9 Å². The third-order valence-electron chi connectivity index (χ3n) is 4.75. The molecule has 2 atom stereocenters. The fraction of sp³-hybridized carbons (Fsp3) is 0.381. The van der Waals surface area contributed by atoms with Gasteiger partial charge in [-0.2, -0.15) is 0 Å². The predicted molar refractivity (Wildman–Crippen MR) is 96.0 cm³/mol. The summed E-state index contributed by atoms with van der Waals surface area (Å²) in [4.78, 5) is 15.0. The zero-order valence-corrected chi connectivity index (χ0v) is 14.6. The van der Waals surface area contributed by atoms with Gasteiger partial charge in [-0.3, -0.25) is 4.79 Å². The molecule has 0 N–H and O–H groups in total. The van der Waals surface area contributed by atoms with Crippen molar-refractivity contribution in [1.29, 1.82) is 0 Å². The van der Waals surface area contributed by atoms with E-state index in [9.17, 15) is 4.79 Å². The molecule has 1 fully saturated rings. The molecule has 2 aromatic rings. The lowest BCUT2D eigenvalue weighted by molar-refractivity contribution is -0.135. The van der Waals surface area contributed by atoms with Gasteiger partial charge in [0.15, 0.2) is 0 Å². The molecular formula is C21H25NO2. The molecule has 0 aromatic heterocycles. The summed E-state index contributed by atoms with van der Waals surface area (Å²) in [5.41, 5.74) is 2.42. The summed E-state index contributed by atoms with van der Waals surface area (Å²) in [5.74, 6) is 1.59. The van der Waals surface area contributed by atoms with E-state index in [2.05, 4.69) is 38.1 Å². The van der Waals surface area contributed by atoms with Crippen molar-refractivity contribution in [3.8, 4) is 5.75 Å². The van der Waals surface area contributed by atoms with Crippen LogP contribution in [0.3, 0.4) is 0 Å². The Morgan fingerprint density at radius 2 is 1.79 bits per heavy atom. The molecule has 3 nitrogen and oxygen atoms in total. The smallest absolute Gasteiger partial charge is 0.226 e. The molecule has 3 rings (SSSR count). The Bertz CT molecular complexity index is 679. The van der Waals surface area contributed by atoms with Crippen molar-refractivity contribution in [2.45, 2.75) is 38.8 Å². The fourth-order valence-corrected chi connectivity index (χ4v) is 3.20. The normalized spacial score (nSPS) is 19.2. The Hall–Kier alpha value is -2.29. The van der Waals surface area contributed by atoms with Crippen LogP contribution in [-0.4, -0.2) is 24.0 Å². The summed E-state index contributed by atoms with van der Waals surface area (Å²) >= 11 is 0. The predicted octanol–water partition coefficient (Wildman–Crippen LogP) is 4.24. The van der Waals surface area contributed by atoms with Crippen molar-refractivity contribution in [3.63, 3.8) is 0 Å². The van der Waals surface area contributed by atoms with Crippen molar-refractivity contribution < 1.29 is 9.53 Å². The molecule has 0 heterocycles. The van der Waals surface area contributed by atoms with Crippen LogP contribution in [0.4, 0.5) is 0 Å². The van der Waals surface area contributed by atoms with Crippen LogP contribution in [0.5, 0.6) is 5.75 Å². The highest BCUT2D eigenvalue weighted by atomic mass is 16.5. The third kappa shape index (κ3) is 3.61. The van der Waals surface area contributed by atoms with Crippen LogP contribution < -0.4 is 4.74 Å². The van der Waals surface area contributed by atoms with Crippen molar-refractivity contribution in [2.24, 2.45) is 5.92 Å². The first-order valence-electron chi connectivity index (χ1n) is 8.58. The van der Waals surface area contributed by atoms with Crippen LogP contribution in [0.2, 0.25) is 0 Å². The molecule has 1 aliphatic rings. The van der Waals surface area contributed by atoms with Gasteiger partial charge < -0.3 is 9.64 Å². The molecule has 2 unspecified atom stereocenters. The maximum atomic E-state index is 13.0. The average Bonchev–Trinajstić information content (AvgIpc) is 3.40. The van der Waals surface area contributed by atoms with Crippen molar-refractivity contribution >= 4 is 5.91 Å². The summed E-state index contributed by atoms with van der Waals surface area (Å²) in [6.07, 6.45) is 0.948. The van der Waals surface area contributed by atoms with Crippen LogP contribution in [0.25, 0.3) is 0 Å². The number of benzene rings is 2. The minimum Gasteiger partial charge on any atom is -0.497 e. The Kier molecular flexibility index (Phi) is 4.89. The molecule has 0 spiro atoms. The van der Waals surface area contributed by atoms with E-state index in [4.69, 9.17) is 4.74 Å². The Morgan fingerprint density at radius 1 is 1.12 bits per heavy atom. The van der Waals surface area contributed by atoms with Crippen LogP contribution in [0.15, 0.2) is 54.6 Å². The van der Waals surface area contributed by atoms with Crippen LogP contribution in [0.1, 0.15) is 37.3 Å². The van der Waals surface area contributed by atoms with Gasteiger partial charge in [0.05, 0.1) is 7.11 Å². The zero-order chi connectivity index (χ0) is 17.1. The first-order chi connectivity index (χ1) is 11.6. The largest absolute Gasteiger partial charge is 0.497 e. The molecule has 1 amide bonds. The minimum atomic E-state index is 0.115. The van der Waals surface area contributed by atoms with Gasteiger partial charge in [0, 0.05) is 18.5 Å². The van der Waals surface area contributed by atoms with Gasteiger partial charge in [0.1, 0.15) is 5.75 Å². The number of nitrogens with zero attached hydrogens (tertiary/aromatic N) is 1. The second-order valence-corrected chi connectivity index (χ2v) is 6.77. The summed E-state index contributed by atoms with van der Waals surface area (Å²) in [6, 6.07) is 18.5. The highest BCUT2D eigenvalue weighted by Crippen LogP contribution is 2.49. The standard InChI is InChI=1S/C21H25NO2/c1-15(2)22(14-16-7-5-4-6-8-16)21(23)20-13-19(20)17-9-11-18(24-3)12-10-17/h4-12,15,19-20H,13-14H2,1-3H3. The molecule has 0 saturated heterocycles. The molecule has 0 aliphatic heterocycles. The van der Waals surface area contributed by atoms with E-state index in [0.29, 0.717) is 12.5 Å². The molecule has 126 valence electrons. The van der Waals surface area contributed by atoms with Crippen LogP contribution >= 0.6 is 0 Å². The van der Waals surface area contributed by atoms with Crippen molar-refractivity contribution in [2.75, 3.05) is 7.11 Å². The molecule has 3 heteroatoms. The fourth-order valence-electron chi connectivity index (χ4n) is 3.20. The van der Waals surface area contributed by atoms with Gasteiger partial charge in [0.25, 0.3) is 0 Å². The molecule has 0 bridgehead atoms. The van der Waals surface area contributed by atoms with Gasteiger partial charge in [-0.1, -0.05) is 42.5 Å². The van der Waals surface area contributed by atoms with E-state index >= 15 is 0 Å². The third-order valence-corrected chi connectivity index (χ3v) is 4.75. The van der Waals surface area contributed by atoms with Crippen LogP contribution in [0, 0.1) is 5.92 Å². The van der Waals surface area contributed by atoms with Gasteiger partial charge in [-0.15, -0.1) is 0 Å². The van der Waals surface area contributed by atoms with Crippen LogP contribution in [-0.2, 0) is 11.3 Å². The second kappa shape index (κ2) is 7.08. The number of ether oxygens (including phenoxy) is 1. The van der Waals surface area contributed by atoms with Crippen molar-refractivity contribution in [1.82, 2.24) is 4.90 Å². The maximum absolute atomic E-state index is 13.0. The molecule has 24 heavy (non-hydrogen) atoms. The topological polar surface area (TPSA) is 29.5 Å². The van der Waals surface area contributed by atoms with Gasteiger partial charge in [-0.05, 0) is 49.4 Å². The van der Waals surface area contributed by atoms with E-state index < -0.39 is 0 Å². The number of rotatable bonds is 6. The summed E-state index contributed by atoms with van der Waals surface area (Å²) < 4.78 is 5.20. The number of hydrogen-bond donors (Lipinski definition) is 0. The van der Waals surface area contributed by atoms with Gasteiger partial charge >= 0.3 is 0 Å². The lowest BCUT2D eigenvalue weighted by Gasteiger charge is -2.27. The average molecular weight is 323 g/mol. The van der Waals surface area contributed by atoms with Crippen molar-refractivity contribution in [3.05, 3.63) is 65.7 Å². The van der Waals surface area contributed by atoms with E-state index in [1.165, 1.54) is 11.1 Å². The Morgan fingerprint density at radius 3 is 2.38 bits per heavy atom. The van der Waals surface area contributed by atoms with E-state index in [1.807, 2.05) is 35.2 Å². The highest BCUT2D eigenvalue weighted by molar-refractivity contribution is 5.83. The highest BCUT2D eigenvalue weighted by Gasteiger charge is 2.46. The number of carbonyl (C=O) groups is 1. The van der Waals surface area contributed by atoms with E-state index in [1.54, 1.807) is 7.11 Å². The molecule has 1 saturated carbocycles. The first-order valence-corrected chi connectivity index (χ1v) is 8.58. The second-order valence-electron chi connectivity index (χ2n) is 6.77. The van der Waals surface area contributed by atoms with E-state index in [0.717, 1.165) is 12.2 Å². The number of carbonyl (C=O) groups excluding carboxylic acids is 1. The number of methoxy groups -OCH3 is 1. The molecule has 0 radical (unpaired) electrons. The SMILES string of the molecule is COc1ccc(C2CC2C(=O)N(Cc2ccccc2)C(C)C)cc1. The Labute approximate surface area is 144 Å². The summed E-state index contributed by atoms with van der Waals surface area (Å²) in [7, 11) is 1.67. The molecule has 1 aliphatic carbocycles. The molecular weight excluding hydrogens is 298 g/mol. The number of amides is 1.